The van der Waals surface area contributed by atoms with E-state index in [9.17, 15) is 9.59 Å². The zero-order chi connectivity index (χ0) is 15.5. The largest absolute Gasteiger partial charge is 0.454 e. The lowest BCUT2D eigenvalue weighted by atomic mass is 10.1. The molecule has 1 saturated heterocycles. The maximum absolute atomic E-state index is 12.3. The van der Waals surface area contributed by atoms with Gasteiger partial charge in [0.2, 0.25) is 12.7 Å². The van der Waals surface area contributed by atoms with Gasteiger partial charge in [-0.3, -0.25) is 9.59 Å². The van der Waals surface area contributed by atoms with E-state index in [-0.39, 0.29) is 18.6 Å². The molecule has 1 N–H and O–H groups in total. The van der Waals surface area contributed by atoms with Crippen molar-refractivity contribution in [1.82, 2.24) is 10.2 Å². The van der Waals surface area contributed by atoms with E-state index in [1.165, 1.54) is 0 Å². The minimum atomic E-state index is -0.587. The Kier molecular flexibility index (Phi) is 4.15. The van der Waals surface area contributed by atoms with Gasteiger partial charge in [-0.2, -0.15) is 0 Å². The van der Waals surface area contributed by atoms with Crippen LogP contribution in [-0.2, 0) is 9.53 Å². The molecule has 2 amide bonds. The highest BCUT2D eigenvalue weighted by Crippen LogP contribution is 2.32. The number of hydrogen-bond acceptors (Lipinski definition) is 5. The predicted octanol–water partition coefficient (Wildman–Crippen LogP) is 0.392. The summed E-state index contributed by atoms with van der Waals surface area (Å²) in [6.45, 7) is 4.03. The fourth-order valence-corrected chi connectivity index (χ4v) is 2.44. The first-order valence-corrected chi connectivity index (χ1v) is 7.22. The SMILES string of the molecule is C[C@@H](NC(=O)c1ccc2c(c1)OCO2)C(=O)N1CCOCC1. The molecule has 1 aromatic carbocycles. The number of nitrogens with zero attached hydrogens (tertiary/aromatic N) is 1. The van der Waals surface area contributed by atoms with Crippen molar-refractivity contribution >= 4 is 11.8 Å². The molecule has 7 nitrogen and oxygen atoms in total. The Morgan fingerprint density at radius 1 is 1.18 bits per heavy atom. The number of nitrogens with one attached hydrogen (secondary N) is 1. The molecule has 22 heavy (non-hydrogen) atoms. The molecule has 3 rings (SSSR count). The number of carbonyl (C=O) groups excluding carboxylic acids is 2. The number of fused-ring (bicyclic) bond motifs is 1. The van der Waals surface area contributed by atoms with Crippen LogP contribution in [0.25, 0.3) is 0 Å². The van der Waals surface area contributed by atoms with Crippen LogP contribution in [0.15, 0.2) is 18.2 Å². The summed E-state index contributed by atoms with van der Waals surface area (Å²) >= 11 is 0. The van der Waals surface area contributed by atoms with Crippen LogP contribution < -0.4 is 14.8 Å². The minimum absolute atomic E-state index is 0.0996. The summed E-state index contributed by atoms with van der Waals surface area (Å²) in [5.74, 6) is 0.749. The van der Waals surface area contributed by atoms with Gasteiger partial charge in [-0.15, -0.1) is 0 Å². The zero-order valence-corrected chi connectivity index (χ0v) is 12.3. The quantitative estimate of drug-likeness (QED) is 0.874. The molecular formula is C15H18N2O5. The van der Waals surface area contributed by atoms with Crippen molar-refractivity contribution in [2.75, 3.05) is 33.1 Å². The minimum Gasteiger partial charge on any atom is -0.454 e. The molecule has 2 aliphatic heterocycles. The molecule has 2 aliphatic rings. The van der Waals surface area contributed by atoms with Gasteiger partial charge in [0.05, 0.1) is 13.2 Å². The molecule has 0 saturated carbocycles. The van der Waals surface area contributed by atoms with E-state index >= 15 is 0 Å². The normalized spacial score (nSPS) is 18.0. The van der Waals surface area contributed by atoms with E-state index in [2.05, 4.69) is 5.32 Å². The topological polar surface area (TPSA) is 77.1 Å². The third-order valence-electron chi connectivity index (χ3n) is 3.68. The molecule has 0 aliphatic carbocycles. The summed E-state index contributed by atoms with van der Waals surface area (Å²) in [7, 11) is 0. The van der Waals surface area contributed by atoms with Gasteiger partial charge in [-0.05, 0) is 25.1 Å². The van der Waals surface area contributed by atoms with Gasteiger partial charge in [0, 0.05) is 18.7 Å². The van der Waals surface area contributed by atoms with E-state index in [4.69, 9.17) is 14.2 Å². The predicted molar refractivity (Wildman–Crippen MR) is 76.9 cm³/mol. The molecule has 1 atom stereocenters. The lowest BCUT2D eigenvalue weighted by molar-refractivity contribution is -0.136. The molecule has 0 radical (unpaired) electrons. The lowest BCUT2D eigenvalue weighted by Gasteiger charge is -2.29. The van der Waals surface area contributed by atoms with Crippen molar-refractivity contribution in [2.45, 2.75) is 13.0 Å². The van der Waals surface area contributed by atoms with Gasteiger partial charge in [0.25, 0.3) is 5.91 Å². The molecule has 0 aromatic heterocycles. The monoisotopic (exact) mass is 306 g/mol. The maximum Gasteiger partial charge on any atom is 0.252 e. The molecule has 1 fully saturated rings. The van der Waals surface area contributed by atoms with Crippen LogP contribution in [0.5, 0.6) is 11.5 Å². The Labute approximate surface area is 128 Å². The zero-order valence-electron chi connectivity index (χ0n) is 12.3. The number of amides is 2. The van der Waals surface area contributed by atoms with Gasteiger partial charge in [-0.25, -0.2) is 0 Å². The summed E-state index contributed by atoms with van der Waals surface area (Å²) in [5.41, 5.74) is 0.436. The summed E-state index contributed by atoms with van der Waals surface area (Å²) in [6.07, 6.45) is 0. The standard InChI is InChI=1S/C15H18N2O5/c1-10(15(19)17-4-6-20-7-5-17)16-14(18)11-2-3-12-13(8-11)22-9-21-12/h2-3,8,10H,4-7,9H2,1H3,(H,16,18)/t10-/m1/s1. The Morgan fingerprint density at radius 2 is 1.91 bits per heavy atom. The summed E-state index contributed by atoms with van der Waals surface area (Å²) in [4.78, 5) is 26.2. The van der Waals surface area contributed by atoms with E-state index in [1.807, 2.05) is 0 Å². The highest BCUT2D eigenvalue weighted by atomic mass is 16.7. The lowest BCUT2D eigenvalue weighted by Crippen LogP contribution is -2.50. The highest BCUT2D eigenvalue weighted by molar-refractivity contribution is 5.98. The number of rotatable bonds is 3. The molecule has 118 valence electrons. The Hall–Kier alpha value is -2.28. The van der Waals surface area contributed by atoms with Gasteiger partial charge >= 0.3 is 0 Å². The summed E-state index contributed by atoms with van der Waals surface area (Å²) < 4.78 is 15.7. The highest BCUT2D eigenvalue weighted by Gasteiger charge is 2.24. The van der Waals surface area contributed by atoms with Crippen molar-refractivity contribution in [2.24, 2.45) is 0 Å². The molecule has 0 unspecified atom stereocenters. The van der Waals surface area contributed by atoms with Crippen LogP contribution in [0.2, 0.25) is 0 Å². The van der Waals surface area contributed by atoms with Crippen molar-refractivity contribution < 1.29 is 23.8 Å². The molecule has 0 bridgehead atoms. The number of morpholine rings is 1. The van der Waals surface area contributed by atoms with E-state index < -0.39 is 6.04 Å². The number of carbonyl (C=O) groups is 2. The second-order valence-electron chi connectivity index (χ2n) is 5.20. The van der Waals surface area contributed by atoms with Crippen LogP contribution in [0.4, 0.5) is 0 Å². The molecule has 2 heterocycles. The molecule has 7 heteroatoms. The number of hydrogen-bond donors (Lipinski definition) is 1. The third kappa shape index (κ3) is 2.99. The van der Waals surface area contributed by atoms with Crippen LogP contribution in [0, 0.1) is 0 Å². The van der Waals surface area contributed by atoms with Crippen molar-refractivity contribution in [1.29, 1.82) is 0 Å². The first kappa shape index (κ1) is 14.6. The van der Waals surface area contributed by atoms with Gasteiger partial charge in [-0.1, -0.05) is 0 Å². The Balaban J connectivity index is 1.62. The molecule has 0 spiro atoms. The van der Waals surface area contributed by atoms with Crippen molar-refractivity contribution in [3.63, 3.8) is 0 Å². The van der Waals surface area contributed by atoms with Crippen LogP contribution in [0.1, 0.15) is 17.3 Å². The van der Waals surface area contributed by atoms with Crippen molar-refractivity contribution in [3.05, 3.63) is 23.8 Å². The first-order chi connectivity index (χ1) is 10.6. The summed E-state index contributed by atoms with van der Waals surface area (Å²) in [6, 6.07) is 4.36. The average molecular weight is 306 g/mol. The van der Waals surface area contributed by atoms with E-state index in [1.54, 1.807) is 30.0 Å². The van der Waals surface area contributed by atoms with E-state index in [0.29, 0.717) is 43.4 Å². The number of benzene rings is 1. The fourth-order valence-electron chi connectivity index (χ4n) is 2.44. The first-order valence-electron chi connectivity index (χ1n) is 7.22. The Bertz CT molecular complexity index is 583. The molecular weight excluding hydrogens is 288 g/mol. The fraction of sp³-hybridized carbons (Fsp3) is 0.467. The Morgan fingerprint density at radius 3 is 2.68 bits per heavy atom. The van der Waals surface area contributed by atoms with Crippen LogP contribution in [0.3, 0.4) is 0 Å². The second kappa shape index (κ2) is 6.23. The van der Waals surface area contributed by atoms with Gasteiger partial charge in [0.1, 0.15) is 6.04 Å². The van der Waals surface area contributed by atoms with Gasteiger partial charge < -0.3 is 24.4 Å². The average Bonchev–Trinajstić information content (AvgIpc) is 3.02. The van der Waals surface area contributed by atoms with Gasteiger partial charge in [0.15, 0.2) is 11.5 Å². The molecule has 1 aromatic rings. The smallest absolute Gasteiger partial charge is 0.252 e. The maximum atomic E-state index is 12.3. The number of ether oxygens (including phenoxy) is 3. The third-order valence-corrected chi connectivity index (χ3v) is 3.68. The second-order valence-corrected chi connectivity index (χ2v) is 5.20. The summed E-state index contributed by atoms with van der Waals surface area (Å²) in [5, 5.41) is 2.72. The van der Waals surface area contributed by atoms with Crippen LogP contribution >= 0.6 is 0 Å². The van der Waals surface area contributed by atoms with E-state index in [0.717, 1.165) is 0 Å². The van der Waals surface area contributed by atoms with Crippen LogP contribution in [-0.4, -0.2) is 55.9 Å². The van der Waals surface area contributed by atoms with Crippen molar-refractivity contribution in [3.8, 4) is 11.5 Å².